The minimum absolute atomic E-state index is 0.104. The Balaban J connectivity index is 1.65. The number of nitrogens with one attached hydrogen (secondary N) is 1. The first-order chi connectivity index (χ1) is 13.3. The Kier molecular flexibility index (Phi) is 5.04. The van der Waals surface area contributed by atoms with Gasteiger partial charge in [0.05, 0.1) is 10.9 Å². The zero-order valence-corrected chi connectivity index (χ0v) is 17.2. The van der Waals surface area contributed by atoms with Gasteiger partial charge in [-0.15, -0.1) is 0 Å². The van der Waals surface area contributed by atoms with E-state index >= 15 is 0 Å². The van der Waals surface area contributed by atoms with E-state index in [4.69, 9.17) is 0 Å². The van der Waals surface area contributed by atoms with E-state index in [2.05, 4.69) is 5.32 Å². The molecule has 148 valence electrons. The summed E-state index contributed by atoms with van der Waals surface area (Å²) in [5, 5.41) is 3.23. The van der Waals surface area contributed by atoms with Crippen LogP contribution in [0.15, 0.2) is 53.4 Å². The van der Waals surface area contributed by atoms with Gasteiger partial charge in [-0.25, -0.2) is 8.42 Å². The van der Waals surface area contributed by atoms with Crippen molar-refractivity contribution in [2.45, 2.75) is 43.5 Å². The monoisotopic (exact) mass is 397 g/mol. The summed E-state index contributed by atoms with van der Waals surface area (Å²) in [6.07, 6.45) is 5.97. The lowest BCUT2D eigenvalue weighted by Crippen LogP contribution is -2.31. The predicted octanol–water partition coefficient (Wildman–Crippen LogP) is 4.04. The van der Waals surface area contributed by atoms with E-state index < -0.39 is 9.84 Å². The number of fused-ring (bicyclic) bond motifs is 1. The Bertz CT molecular complexity index is 969. The minimum Gasteiger partial charge on any atom is -0.345 e. The second-order valence-corrected chi connectivity index (χ2v) is 10.4. The lowest BCUT2D eigenvalue weighted by Gasteiger charge is -2.21. The van der Waals surface area contributed by atoms with Crippen LogP contribution in [0, 0.1) is 24.7 Å². The lowest BCUT2D eigenvalue weighted by atomic mass is 9.97. The fraction of sp³-hybridized carbons (Fsp3) is 0.435. The van der Waals surface area contributed by atoms with Gasteiger partial charge >= 0.3 is 0 Å². The van der Waals surface area contributed by atoms with Gasteiger partial charge in [-0.05, 0) is 54.9 Å². The van der Waals surface area contributed by atoms with Crippen molar-refractivity contribution in [2.24, 2.45) is 17.8 Å². The van der Waals surface area contributed by atoms with Crippen LogP contribution in [0.1, 0.15) is 48.4 Å². The summed E-state index contributed by atoms with van der Waals surface area (Å²) in [6, 6.07) is 14.6. The number of hydrogen-bond donors (Lipinski definition) is 1. The molecule has 28 heavy (non-hydrogen) atoms. The normalized spacial score (nSPS) is 24.9. The summed E-state index contributed by atoms with van der Waals surface area (Å²) >= 11 is 0. The average molecular weight is 398 g/mol. The maximum absolute atomic E-state index is 13.0. The van der Waals surface area contributed by atoms with Crippen molar-refractivity contribution in [1.82, 2.24) is 5.32 Å². The first kappa shape index (κ1) is 19.2. The van der Waals surface area contributed by atoms with Gasteiger partial charge in [-0.2, -0.15) is 0 Å². The quantitative estimate of drug-likeness (QED) is 0.828. The molecular weight excluding hydrogens is 370 g/mol. The van der Waals surface area contributed by atoms with Gasteiger partial charge in [0.15, 0.2) is 9.84 Å². The highest BCUT2D eigenvalue weighted by Gasteiger charge is 2.54. The van der Waals surface area contributed by atoms with Crippen LogP contribution >= 0.6 is 0 Å². The molecule has 5 heteroatoms. The molecule has 0 aliphatic heterocycles. The fourth-order valence-corrected chi connectivity index (χ4v) is 5.34. The summed E-state index contributed by atoms with van der Waals surface area (Å²) < 4.78 is 24.0. The number of sulfone groups is 1. The van der Waals surface area contributed by atoms with Crippen molar-refractivity contribution in [3.05, 3.63) is 65.2 Å². The Morgan fingerprint density at radius 2 is 1.64 bits per heavy atom. The largest absolute Gasteiger partial charge is 0.345 e. The third kappa shape index (κ3) is 3.86. The van der Waals surface area contributed by atoms with Crippen LogP contribution in [-0.2, 0) is 14.6 Å². The van der Waals surface area contributed by atoms with Crippen LogP contribution in [0.25, 0.3) is 0 Å². The van der Waals surface area contributed by atoms with Crippen molar-refractivity contribution < 1.29 is 13.2 Å². The highest BCUT2D eigenvalue weighted by atomic mass is 32.2. The van der Waals surface area contributed by atoms with E-state index in [1.54, 1.807) is 18.2 Å². The first-order valence-electron chi connectivity index (χ1n) is 10.0. The van der Waals surface area contributed by atoms with Crippen LogP contribution in [0.3, 0.4) is 0 Å². The fourth-order valence-electron chi connectivity index (χ4n) is 4.66. The molecule has 2 aromatic rings. The summed E-state index contributed by atoms with van der Waals surface area (Å²) in [5.74, 6) is 1.30. The maximum Gasteiger partial charge on any atom is 0.224 e. The molecule has 0 saturated heterocycles. The van der Waals surface area contributed by atoms with Crippen molar-refractivity contribution in [1.29, 1.82) is 0 Å². The second kappa shape index (κ2) is 7.36. The Morgan fingerprint density at radius 3 is 2.25 bits per heavy atom. The van der Waals surface area contributed by atoms with Gasteiger partial charge in [0.2, 0.25) is 5.91 Å². The Hall–Kier alpha value is -2.14. The third-order valence-corrected chi connectivity index (χ3v) is 7.39. The SMILES string of the molecule is Cc1ccc([C@H](NC(=O)C2[C@@H]3CCCC[C@@H]23)c2cccc(S(C)(=O)=O)c2)cc1. The van der Waals surface area contributed by atoms with E-state index in [1.807, 2.05) is 37.3 Å². The molecule has 0 bridgehead atoms. The Morgan fingerprint density at radius 1 is 1.00 bits per heavy atom. The number of aryl methyl sites for hydroxylation is 1. The van der Waals surface area contributed by atoms with Crippen molar-refractivity contribution in [3.63, 3.8) is 0 Å². The molecule has 0 heterocycles. The Labute approximate surface area is 167 Å². The first-order valence-corrected chi connectivity index (χ1v) is 11.9. The van der Waals surface area contributed by atoms with E-state index in [9.17, 15) is 13.2 Å². The summed E-state index contributed by atoms with van der Waals surface area (Å²) in [7, 11) is -3.31. The van der Waals surface area contributed by atoms with Crippen molar-refractivity contribution >= 4 is 15.7 Å². The lowest BCUT2D eigenvalue weighted by molar-refractivity contribution is -0.123. The molecule has 1 N–H and O–H groups in total. The molecule has 2 aliphatic carbocycles. The molecule has 0 radical (unpaired) electrons. The van der Waals surface area contributed by atoms with E-state index in [0.717, 1.165) is 29.5 Å². The van der Waals surface area contributed by atoms with Gasteiger partial charge in [-0.1, -0.05) is 54.8 Å². The number of hydrogen-bond acceptors (Lipinski definition) is 3. The molecule has 2 aromatic carbocycles. The molecule has 1 amide bonds. The van der Waals surface area contributed by atoms with Crippen molar-refractivity contribution in [2.75, 3.05) is 6.26 Å². The number of carbonyl (C=O) groups is 1. The highest BCUT2D eigenvalue weighted by molar-refractivity contribution is 7.90. The predicted molar refractivity (Wildman–Crippen MR) is 110 cm³/mol. The van der Waals surface area contributed by atoms with Gasteiger partial charge in [0, 0.05) is 12.2 Å². The van der Waals surface area contributed by atoms with Gasteiger partial charge in [0.1, 0.15) is 0 Å². The molecule has 4 nitrogen and oxygen atoms in total. The third-order valence-electron chi connectivity index (χ3n) is 6.28. The molecular formula is C23H27NO3S. The molecule has 0 spiro atoms. The number of rotatable bonds is 5. The standard InChI is InChI=1S/C23H27NO3S/c1-15-10-12-16(13-11-15)22(17-6-5-7-18(14-17)28(2,26)27)24-23(25)21-19-8-3-4-9-20(19)21/h5-7,10-14,19-22H,3-4,8-9H2,1-2H3,(H,24,25)/t19-,20-,22+/m1/s1. The molecule has 0 unspecified atom stereocenters. The van der Waals surface area contributed by atoms with Gasteiger partial charge in [0.25, 0.3) is 0 Å². The molecule has 2 saturated carbocycles. The summed E-state index contributed by atoms with van der Waals surface area (Å²) in [6.45, 7) is 2.02. The van der Waals surface area contributed by atoms with Crippen LogP contribution in [0.4, 0.5) is 0 Å². The molecule has 3 atom stereocenters. The van der Waals surface area contributed by atoms with Crippen LogP contribution in [-0.4, -0.2) is 20.6 Å². The number of amides is 1. The van der Waals surface area contributed by atoms with Crippen LogP contribution in [0.5, 0.6) is 0 Å². The minimum atomic E-state index is -3.31. The topological polar surface area (TPSA) is 63.2 Å². The smallest absolute Gasteiger partial charge is 0.224 e. The zero-order valence-electron chi connectivity index (χ0n) is 16.4. The molecule has 0 aromatic heterocycles. The summed E-state index contributed by atoms with van der Waals surface area (Å²) in [5.41, 5.74) is 2.91. The van der Waals surface area contributed by atoms with Crippen LogP contribution < -0.4 is 5.32 Å². The van der Waals surface area contributed by atoms with Crippen molar-refractivity contribution in [3.8, 4) is 0 Å². The molecule has 2 fully saturated rings. The van der Waals surface area contributed by atoms with E-state index in [1.165, 1.54) is 19.1 Å². The van der Waals surface area contributed by atoms with Gasteiger partial charge in [-0.3, -0.25) is 4.79 Å². The van der Waals surface area contributed by atoms with E-state index in [-0.39, 0.29) is 22.8 Å². The zero-order chi connectivity index (χ0) is 19.9. The summed E-state index contributed by atoms with van der Waals surface area (Å²) in [4.78, 5) is 13.3. The molecule has 2 aliphatic rings. The van der Waals surface area contributed by atoms with E-state index in [0.29, 0.717) is 11.8 Å². The van der Waals surface area contributed by atoms with Gasteiger partial charge < -0.3 is 5.32 Å². The highest BCUT2D eigenvalue weighted by Crippen LogP contribution is 2.55. The second-order valence-electron chi connectivity index (χ2n) is 8.33. The average Bonchev–Trinajstić information content (AvgIpc) is 3.41. The molecule has 4 rings (SSSR count). The maximum atomic E-state index is 13.0. The van der Waals surface area contributed by atoms with Crippen LogP contribution in [0.2, 0.25) is 0 Å². The number of benzene rings is 2. The number of carbonyl (C=O) groups excluding carboxylic acids is 1.